The molecule has 5 nitrogen and oxygen atoms in total. The lowest BCUT2D eigenvalue weighted by molar-refractivity contribution is -0.0322. The van der Waals surface area contributed by atoms with E-state index in [1.165, 1.54) is 18.3 Å². The van der Waals surface area contributed by atoms with E-state index in [1.807, 2.05) is 0 Å². The minimum absolute atomic E-state index is 0.00333. The lowest BCUT2D eigenvalue weighted by atomic mass is 10.1. The Morgan fingerprint density at radius 1 is 1.32 bits per heavy atom. The number of halogens is 4. The molecule has 0 fully saturated rings. The number of nitrogens with zero attached hydrogens (tertiary/aromatic N) is 1. The largest absolute Gasteiger partial charge is 0.471 e. The molecule has 0 saturated carbocycles. The van der Waals surface area contributed by atoms with Crippen LogP contribution in [-0.4, -0.2) is 47.7 Å². The van der Waals surface area contributed by atoms with Crippen molar-refractivity contribution in [2.24, 2.45) is 0 Å². The number of alkyl halides is 4. The Labute approximate surface area is 143 Å². The number of rotatable bonds is 7. The number of aliphatic hydroxyl groups is 1. The number of ether oxygens (including phenoxy) is 2. The summed E-state index contributed by atoms with van der Waals surface area (Å²) >= 11 is 0. The highest BCUT2D eigenvalue weighted by molar-refractivity contribution is 5.95. The molecule has 1 aromatic heterocycles. The zero-order chi connectivity index (χ0) is 19.7. The van der Waals surface area contributed by atoms with Crippen molar-refractivity contribution in [1.82, 2.24) is 4.98 Å². The van der Waals surface area contributed by atoms with Gasteiger partial charge in [-0.2, -0.15) is 0 Å². The van der Waals surface area contributed by atoms with Gasteiger partial charge in [-0.15, -0.1) is 0 Å². The van der Waals surface area contributed by atoms with Gasteiger partial charge in [0.2, 0.25) is 5.88 Å². The Morgan fingerprint density at radius 3 is 2.28 bits per heavy atom. The first-order valence-electron chi connectivity index (χ1n) is 7.23. The number of hydrogen-bond donors (Lipinski definition) is 1. The van der Waals surface area contributed by atoms with Crippen LogP contribution in [0.4, 0.5) is 17.6 Å². The molecule has 25 heavy (non-hydrogen) atoms. The third kappa shape index (κ3) is 9.65. The van der Waals surface area contributed by atoms with Crippen molar-refractivity contribution in [3.05, 3.63) is 30.0 Å². The van der Waals surface area contributed by atoms with Crippen LogP contribution in [0.15, 0.2) is 18.8 Å². The maximum absolute atomic E-state index is 12.8. The van der Waals surface area contributed by atoms with E-state index in [9.17, 15) is 22.4 Å². The molecular weight excluding hydrogens is 346 g/mol. The fraction of sp³-hybridized carbons (Fsp3) is 0.500. The molecule has 0 aromatic carbocycles. The van der Waals surface area contributed by atoms with Crippen molar-refractivity contribution in [3.8, 4) is 5.88 Å². The molecule has 0 bridgehead atoms. The van der Waals surface area contributed by atoms with Crippen molar-refractivity contribution in [3.63, 3.8) is 0 Å². The molecule has 1 rings (SSSR count). The summed E-state index contributed by atoms with van der Waals surface area (Å²) in [5.74, 6) is -6.78. The van der Waals surface area contributed by atoms with Gasteiger partial charge in [0.1, 0.15) is 12.2 Å². The number of carbonyl (C=O) groups is 1. The van der Waals surface area contributed by atoms with Crippen LogP contribution in [0.2, 0.25) is 0 Å². The van der Waals surface area contributed by atoms with E-state index in [0.29, 0.717) is 19.4 Å². The van der Waals surface area contributed by atoms with E-state index in [4.69, 9.17) is 14.6 Å². The molecule has 1 aromatic rings. The molecule has 0 spiro atoms. The normalized spacial score (nSPS) is 11.2. The number of carbonyl (C=O) groups excluding carboxylic acids is 1. The van der Waals surface area contributed by atoms with Gasteiger partial charge in [-0.05, 0) is 18.6 Å². The second kappa shape index (κ2) is 9.97. The van der Waals surface area contributed by atoms with E-state index < -0.39 is 31.0 Å². The molecule has 0 radical (unpaired) electrons. The van der Waals surface area contributed by atoms with Gasteiger partial charge in [0, 0.05) is 20.0 Å². The van der Waals surface area contributed by atoms with E-state index in [1.54, 1.807) is 6.92 Å². The van der Waals surface area contributed by atoms with Crippen LogP contribution in [0.3, 0.4) is 0 Å². The SMILES string of the molecule is C=Cc1ccnc(OCC(C)(F)F)c1C(=O)OCC.CC(F)(F)CO. The van der Waals surface area contributed by atoms with E-state index >= 15 is 0 Å². The first-order valence-corrected chi connectivity index (χ1v) is 7.23. The molecule has 1 heterocycles. The number of hydrogen-bond acceptors (Lipinski definition) is 5. The van der Waals surface area contributed by atoms with Gasteiger partial charge in [-0.1, -0.05) is 12.7 Å². The third-order valence-corrected chi connectivity index (χ3v) is 2.39. The number of aliphatic hydroxyl groups excluding tert-OH is 1. The van der Waals surface area contributed by atoms with Crippen LogP contribution in [0.25, 0.3) is 6.08 Å². The fourth-order valence-electron chi connectivity index (χ4n) is 1.34. The average molecular weight is 367 g/mol. The maximum atomic E-state index is 12.8. The molecule has 0 unspecified atom stereocenters. The van der Waals surface area contributed by atoms with Gasteiger partial charge in [-0.3, -0.25) is 0 Å². The number of aromatic nitrogens is 1. The summed E-state index contributed by atoms with van der Waals surface area (Å²) in [6, 6.07) is 1.52. The molecule has 0 saturated heterocycles. The highest BCUT2D eigenvalue weighted by Crippen LogP contribution is 2.23. The van der Waals surface area contributed by atoms with Crippen molar-refractivity contribution >= 4 is 12.0 Å². The molecule has 142 valence electrons. The molecule has 0 aliphatic heterocycles. The Morgan fingerprint density at radius 2 is 1.88 bits per heavy atom. The van der Waals surface area contributed by atoms with Crippen LogP contribution in [0.5, 0.6) is 5.88 Å². The van der Waals surface area contributed by atoms with Crippen LogP contribution in [0.1, 0.15) is 36.7 Å². The molecule has 0 aliphatic carbocycles. The summed E-state index contributed by atoms with van der Waals surface area (Å²) in [5.41, 5.74) is 0.423. The summed E-state index contributed by atoms with van der Waals surface area (Å²) in [7, 11) is 0. The Balaban J connectivity index is 0.000000823. The summed E-state index contributed by atoms with van der Waals surface area (Å²) in [6.07, 6.45) is 2.76. The standard InChI is InChI=1S/C13H15F2NO3.C3H6F2O/c1-4-9-6-7-16-11(19-8-13(3,14)15)10(9)12(17)18-5-2;1-3(4,5)2-6/h4,6-7H,1,5,8H2,2-3H3;6H,2H2,1H3. The molecule has 0 atom stereocenters. The Hall–Kier alpha value is -2.16. The second-order valence-electron chi connectivity index (χ2n) is 5.09. The summed E-state index contributed by atoms with van der Waals surface area (Å²) in [6.45, 7) is 4.79. The highest BCUT2D eigenvalue weighted by atomic mass is 19.3. The lowest BCUT2D eigenvalue weighted by Gasteiger charge is -2.14. The topological polar surface area (TPSA) is 68.7 Å². The van der Waals surface area contributed by atoms with Crippen LogP contribution < -0.4 is 4.74 Å². The smallest absolute Gasteiger partial charge is 0.344 e. The molecule has 1 N–H and O–H groups in total. The summed E-state index contributed by atoms with van der Waals surface area (Å²) < 4.78 is 57.7. The van der Waals surface area contributed by atoms with Crippen molar-refractivity contribution in [2.75, 3.05) is 19.8 Å². The van der Waals surface area contributed by atoms with Crippen molar-refractivity contribution in [1.29, 1.82) is 0 Å². The van der Waals surface area contributed by atoms with Gasteiger partial charge in [0.15, 0.2) is 6.61 Å². The van der Waals surface area contributed by atoms with E-state index in [-0.39, 0.29) is 18.1 Å². The lowest BCUT2D eigenvalue weighted by Crippen LogP contribution is -2.22. The predicted octanol–water partition coefficient (Wildman–Crippen LogP) is 3.57. The van der Waals surface area contributed by atoms with Crippen LogP contribution in [-0.2, 0) is 4.74 Å². The summed E-state index contributed by atoms with van der Waals surface area (Å²) in [4.78, 5) is 15.6. The first-order chi connectivity index (χ1) is 11.4. The van der Waals surface area contributed by atoms with Gasteiger partial charge < -0.3 is 14.6 Å². The van der Waals surface area contributed by atoms with Gasteiger partial charge in [-0.25, -0.2) is 27.3 Å². The van der Waals surface area contributed by atoms with Crippen molar-refractivity contribution in [2.45, 2.75) is 32.6 Å². The van der Waals surface area contributed by atoms with Crippen LogP contribution in [0, 0.1) is 0 Å². The minimum Gasteiger partial charge on any atom is -0.471 e. The number of pyridine rings is 1. The second-order valence-corrected chi connectivity index (χ2v) is 5.09. The Bertz CT molecular complexity index is 568. The fourth-order valence-corrected chi connectivity index (χ4v) is 1.34. The highest BCUT2D eigenvalue weighted by Gasteiger charge is 2.25. The zero-order valence-corrected chi connectivity index (χ0v) is 14.2. The molecule has 0 aliphatic rings. The number of esters is 1. The first kappa shape index (κ1) is 22.8. The molecule has 9 heteroatoms. The monoisotopic (exact) mass is 367 g/mol. The van der Waals surface area contributed by atoms with Gasteiger partial charge >= 0.3 is 5.97 Å². The minimum atomic E-state index is -3.02. The molecular formula is C16H21F4NO4. The maximum Gasteiger partial charge on any atom is 0.344 e. The molecule has 0 amide bonds. The van der Waals surface area contributed by atoms with Gasteiger partial charge in [0.25, 0.3) is 11.8 Å². The Kier molecular flexibility index (Phi) is 9.11. The predicted molar refractivity (Wildman–Crippen MR) is 84.1 cm³/mol. The van der Waals surface area contributed by atoms with E-state index in [0.717, 1.165) is 0 Å². The van der Waals surface area contributed by atoms with Crippen LogP contribution >= 0.6 is 0 Å². The third-order valence-electron chi connectivity index (χ3n) is 2.39. The quantitative estimate of drug-likeness (QED) is 0.589. The van der Waals surface area contributed by atoms with Gasteiger partial charge in [0.05, 0.1) is 6.61 Å². The summed E-state index contributed by atoms with van der Waals surface area (Å²) in [5, 5.41) is 7.65. The van der Waals surface area contributed by atoms with E-state index in [2.05, 4.69) is 11.6 Å². The van der Waals surface area contributed by atoms with Crippen molar-refractivity contribution < 1.29 is 36.9 Å². The zero-order valence-electron chi connectivity index (χ0n) is 14.2. The average Bonchev–Trinajstić information content (AvgIpc) is 2.51.